The molecule has 1 saturated heterocycles. The van der Waals surface area contributed by atoms with Gasteiger partial charge in [0.2, 0.25) is 0 Å². The first-order chi connectivity index (χ1) is 14.6. The Labute approximate surface area is 175 Å². The highest BCUT2D eigenvalue weighted by molar-refractivity contribution is 5.98. The van der Waals surface area contributed by atoms with E-state index >= 15 is 0 Å². The first-order valence-corrected chi connectivity index (χ1v) is 10.7. The van der Waals surface area contributed by atoms with Crippen LogP contribution in [0.5, 0.6) is 0 Å². The Balaban J connectivity index is 1.71. The predicted molar refractivity (Wildman–Crippen MR) is 118 cm³/mol. The van der Waals surface area contributed by atoms with Crippen LogP contribution in [-0.2, 0) is 19.6 Å². The van der Waals surface area contributed by atoms with E-state index in [0.29, 0.717) is 25.4 Å². The zero-order chi connectivity index (χ0) is 21.1. The Morgan fingerprint density at radius 3 is 2.40 bits per heavy atom. The summed E-state index contributed by atoms with van der Waals surface area (Å²) in [4.78, 5) is 27.7. The molecule has 1 fully saturated rings. The molecule has 4 rings (SSSR count). The number of amides is 2. The van der Waals surface area contributed by atoms with Crippen LogP contribution in [0.1, 0.15) is 38.9 Å². The quantitative estimate of drug-likeness (QED) is 0.647. The number of imidazole rings is 1. The van der Waals surface area contributed by atoms with Gasteiger partial charge in [0.1, 0.15) is 5.76 Å². The summed E-state index contributed by atoms with van der Waals surface area (Å²) in [7, 11) is 0. The van der Waals surface area contributed by atoms with Crippen LogP contribution in [0.4, 0.5) is 16.2 Å². The van der Waals surface area contributed by atoms with E-state index in [1.807, 2.05) is 26.0 Å². The summed E-state index contributed by atoms with van der Waals surface area (Å²) in [6.45, 7) is 7.33. The number of fused-ring (bicyclic) bond motifs is 1. The number of furan rings is 1. The topological polar surface area (TPSA) is 84.4 Å². The van der Waals surface area contributed by atoms with Crippen LogP contribution in [0, 0.1) is 0 Å². The average molecular weight is 412 g/mol. The maximum absolute atomic E-state index is 12.8. The van der Waals surface area contributed by atoms with Gasteiger partial charge in [0.05, 0.1) is 35.2 Å². The highest BCUT2D eigenvalue weighted by Crippen LogP contribution is 2.33. The maximum Gasteiger partial charge on any atom is 0.329 e. The van der Waals surface area contributed by atoms with E-state index in [4.69, 9.17) is 4.42 Å². The lowest BCUT2D eigenvalue weighted by molar-refractivity contribution is 0.251. The summed E-state index contributed by atoms with van der Waals surface area (Å²) < 4.78 is 8.83. The molecule has 0 saturated carbocycles. The molecule has 3 heterocycles. The normalized spacial score (nSPS) is 14.3. The summed E-state index contributed by atoms with van der Waals surface area (Å²) >= 11 is 0. The summed E-state index contributed by atoms with van der Waals surface area (Å²) in [5.74, 6) is 0.691. The molecular formula is C22H29N5O3. The van der Waals surface area contributed by atoms with Crippen molar-refractivity contribution >= 4 is 28.4 Å². The lowest BCUT2D eigenvalue weighted by atomic mass is 10.1. The van der Waals surface area contributed by atoms with E-state index in [2.05, 4.69) is 21.6 Å². The first kappa shape index (κ1) is 20.1. The summed E-state index contributed by atoms with van der Waals surface area (Å²) in [5, 5.41) is 5.83. The minimum Gasteiger partial charge on any atom is -0.467 e. The third kappa shape index (κ3) is 3.81. The molecule has 0 unspecified atom stereocenters. The number of nitrogens with zero attached hydrogens (tertiary/aromatic N) is 3. The number of hydrogen-bond donors (Lipinski definition) is 2. The lowest BCUT2D eigenvalue weighted by Crippen LogP contribution is -2.32. The van der Waals surface area contributed by atoms with Crippen LogP contribution in [0.2, 0.25) is 0 Å². The minimum atomic E-state index is -0.302. The second-order valence-electron chi connectivity index (χ2n) is 7.56. The second kappa shape index (κ2) is 8.69. The van der Waals surface area contributed by atoms with Crippen LogP contribution in [0.25, 0.3) is 11.0 Å². The van der Waals surface area contributed by atoms with Gasteiger partial charge in [-0.25, -0.2) is 9.59 Å². The molecule has 2 amide bonds. The molecule has 160 valence electrons. The Hall–Kier alpha value is -3.16. The van der Waals surface area contributed by atoms with Crippen molar-refractivity contribution in [2.45, 2.75) is 52.7 Å². The maximum atomic E-state index is 12.8. The molecular weight excluding hydrogens is 382 g/mol. The fourth-order valence-corrected chi connectivity index (χ4v) is 4.20. The zero-order valence-electron chi connectivity index (χ0n) is 17.6. The van der Waals surface area contributed by atoms with Crippen LogP contribution in [0.3, 0.4) is 0 Å². The van der Waals surface area contributed by atoms with E-state index in [0.717, 1.165) is 48.3 Å². The second-order valence-corrected chi connectivity index (χ2v) is 7.56. The molecule has 3 aromatic rings. The minimum absolute atomic E-state index is 0.0148. The van der Waals surface area contributed by atoms with Crippen molar-refractivity contribution in [1.29, 1.82) is 0 Å². The van der Waals surface area contributed by atoms with Gasteiger partial charge in [-0.2, -0.15) is 0 Å². The number of nitrogens with one attached hydrogen (secondary N) is 2. The van der Waals surface area contributed by atoms with Crippen molar-refractivity contribution in [3.05, 3.63) is 46.8 Å². The number of benzene rings is 1. The van der Waals surface area contributed by atoms with Gasteiger partial charge in [-0.05, 0) is 57.4 Å². The molecule has 2 N–H and O–H groups in total. The van der Waals surface area contributed by atoms with Crippen molar-refractivity contribution in [3.63, 3.8) is 0 Å². The van der Waals surface area contributed by atoms with Gasteiger partial charge in [-0.1, -0.05) is 0 Å². The van der Waals surface area contributed by atoms with E-state index < -0.39 is 0 Å². The summed E-state index contributed by atoms with van der Waals surface area (Å²) in [6.07, 6.45) is 5.05. The van der Waals surface area contributed by atoms with Crippen LogP contribution < -0.4 is 21.2 Å². The van der Waals surface area contributed by atoms with Crippen molar-refractivity contribution in [2.75, 3.05) is 23.3 Å². The number of anilines is 2. The molecule has 2 aromatic heterocycles. The number of rotatable bonds is 6. The summed E-state index contributed by atoms with van der Waals surface area (Å²) in [6, 6.07) is 7.30. The SMILES string of the molecule is CCn1c(=O)n(CC)c2cc(N3CCCCC3)c(NC(=O)NCc3ccco3)cc21. The van der Waals surface area contributed by atoms with Crippen LogP contribution in [0.15, 0.2) is 39.7 Å². The largest absolute Gasteiger partial charge is 0.467 e. The van der Waals surface area contributed by atoms with Gasteiger partial charge >= 0.3 is 11.7 Å². The number of carbonyl (C=O) groups excluding carboxylic acids is 1. The first-order valence-electron chi connectivity index (χ1n) is 10.7. The number of urea groups is 1. The Bertz CT molecular complexity index is 1070. The van der Waals surface area contributed by atoms with Crippen LogP contribution in [-0.4, -0.2) is 28.3 Å². The molecule has 1 aromatic carbocycles. The van der Waals surface area contributed by atoms with Gasteiger partial charge < -0.3 is 20.0 Å². The van der Waals surface area contributed by atoms with Crippen LogP contribution >= 0.6 is 0 Å². The monoisotopic (exact) mass is 411 g/mol. The van der Waals surface area contributed by atoms with Crippen molar-refractivity contribution in [1.82, 2.24) is 14.5 Å². The van der Waals surface area contributed by atoms with Crippen molar-refractivity contribution < 1.29 is 9.21 Å². The Kier molecular flexibility index (Phi) is 5.83. The third-order valence-electron chi connectivity index (χ3n) is 5.72. The molecule has 8 heteroatoms. The lowest BCUT2D eigenvalue weighted by Gasteiger charge is -2.30. The Morgan fingerprint density at radius 2 is 1.77 bits per heavy atom. The molecule has 0 bridgehead atoms. The predicted octanol–water partition coefficient (Wildman–Crippen LogP) is 3.75. The fraction of sp³-hybridized carbons (Fsp3) is 0.455. The molecule has 0 atom stereocenters. The molecule has 0 spiro atoms. The number of hydrogen-bond acceptors (Lipinski definition) is 4. The molecule has 1 aliphatic heterocycles. The number of carbonyl (C=O) groups is 1. The van der Waals surface area contributed by atoms with Gasteiger partial charge in [0.25, 0.3) is 0 Å². The highest BCUT2D eigenvalue weighted by Gasteiger charge is 2.20. The van der Waals surface area contributed by atoms with Gasteiger partial charge in [0.15, 0.2) is 0 Å². The molecule has 8 nitrogen and oxygen atoms in total. The van der Waals surface area contributed by atoms with E-state index in [1.165, 1.54) is 6.42 Å². The average Bonchev–Trinajstić information content (AvgIpc) is 3.37. The van der Waals surface area contributed by atoms with Crippen molar-refractivity contribution in [2.24, 2.45) is 0 Å². The van der Waals surface area contributed by atoms with Gasteiger partial charge in [0, 0.05) is 26.2 Å². The van der Waals surface area contributed by atoms with E-state index in [-0.39, 0.29) is 11.7 Å². The number of piperidine rings is 1. The van der Waals surface area contributed by atoms with Gasteiger partial charge in [-0.3, -0.25) is 9.13 Å². The van der Waals surface area contributed by atoms with E-state index in [1.54, 1.807) is 21.5 Å². The Morgan fingerprint density at radius 1 is 1.07 bits per heavy atom. The smallest absolute Gasteiger partial charge is 0.329 e. The zero-order valence-corrected chi connectivity index (χ0v) is 17.6. The van der Waals surface area contributed by atoms with Crippen molar-refractivity contribution in [3.8, 4) is 0 Å². The molecule has 0 radical (unpaired) electrons. The number of aromatic nitrogens is 2. The molecule has 1 aliphatic rings. The standard InChI is InChI=1S/C22H29N5O3/c1-3-26-19-13-17(24-21(28)23-15-16-9-8-12-30-16)18(25-10-6-5-7-11-25)14-20(19)27(4-2)22(26)29/h8-9,12-14H,3-7,10-11,15H2,1-2H3,(H2,23,24,28). The highest BCUT2D eigenvalue weighted by atomic mass is 16.3. The molecule has 0 aliphatic carbocycles. The number of aryl methyl sites for hydroxylation is 2. The third-order valence-corrected chi connectivity index (χ3v) is 5.72. The van der Waals surface area contributed by atoms with Gasteiger partial charge in [-0.15, -0.1) is 0 Å². The summed E-state index contributed by atoms with van der Waals surface area (Å²) in [5.41, 5.74) is 3.42. The fourth-order valence-electron chi connectivity index (χ4n) is 4.20. The molecule has 30 heavy (non-hydrogen) atoms. The van der Waals surface area contributed by atoms with E-state index in [9.17, 15) is 9.59 Å².